The van der Waals surface area contributed by atoms with Crippen LogP contribution >= 0.6 is 0 Å². The molecule has 19 heavy (non-hydrogen) atoms. The van der Waals surface area contributed by atoms with Crippen molar-refractivity contribution in [2.24, 2.45) is 5.73 Å². The number of hydrogen-bond acceptors (Lipinski definition) is 6. The Kier molecular flexibility index (Phi) is 3.16. The summed E-state index contributed by atoms with van der Waals surface area (Å²) in [6.07, 6.45) is 1.69. The Bertz CT molecular complexity index is 589. The molecule has 2 aromatic rings. The van der Waals surface area contributed by atoms with Crippen molar-refractivity contribution in [2.45, 2.75) is 13.1 Å². The van der Waals surface area contributed by atoms with Crippen LogP contribution in [0.25, 0.3) is 0 Å². The molecule has 1 aromatic heterocycles. The summed E-state index contributed by atoms with van der Waals surface area (Å²) in [5.41, 5.74) is 7.42. The number of fused-ring (bicyclic) bond motifs is 1. The number of nitrogens with zero attached hydrogens (tertiary/aromatic N) is 2. The van der Waals surface area contributed by atoms with E-state index in [1.165, 1.54) is 0 Å². The maximum Gasteiger partial charge on any atom is 0.231 e. The highest BCUT2D eigenvalue weighted by Gasteiger charge is 2.13. The molecular formula is C13H14N4O2. The fourth-order valence-electron chi connectivity index (χ4n) is 1.83. The predicted octanol–water partition coefficient (Wildman–Crippen LogP) is 1.28. The van der Waals surface area contributed by atoms with Crippen LogP contribution in [-0.4, -0.2) is 16.8 Å². The summed E-state index contributed by atoms with van der Waals surface area (Å²) < 4.78 is 10.6. The lowest BCUT2D eigenvalue weighted by Crippen LogP contribution is -2.07. The SMILES string of the molecule is NCc1ccnc(NCc2ccc3c(c2)OCO3)n1. The Balaban J connectivity index is 1.68. The van der Waals surface area contributed by atoms with Crippen LogP contribution in [-0.2, 0) is 13.1 Å². The summed E-state index contributed by atoms with van der Waals surface area (Å²) in [4.78, 5) is 8.42. The van der Waals surface area contributed by atoms with Crippen LogP contribution in [0.5, 0.6) is 11.5 Å². The molecule has 1 aliphatic rings. The number of nitrogens with one attached hydrogen (secondary N) is 1. The van der Waals surface area contributed by atoms with E-state index < -0.39 is 0 Å². The van der Waals surface area contributed by atoms with Gasteiger partial charge in [0, 0.05) is 19.3 Å². The Labute approximate surface area is 110 Å². The minimum atomic E-state index is 0.286. The molecule has 98 valence electrons. The van der Waals surface area contributed by atoms with Gasteiger partial charge in [0.1, 0.15) is 0 Å². The third-order valence-electron chi connectivity index (χ3n) is 2.81. The quantitative estimate of drug-likeness (QED) is 0.859. The summed E-state index contributed by atoms with van der Waals surface area (Å²) in [6, 6.07) is 7.62. The van der Waals surface area contributed by atoms with Gasteiger partial charge in [-0.05, 0) is 23.8 Å². The van der Waals surface area contributed by atoms with Crippen molar-refractivity contribution < 1.29 is 9.47 Å². The van der Waals surface area contributed by atoms with E-state index in [9.17, 15) is 0 Å². The van der Waals surface area contributed by atoms with Crippen molar-refractivity contribution >= 4 is 5.95 Å². The van der Waals surface area contributed by atoms with Gasteiger partial charge in [-0.25, -0.2) is 9.97 Å². The largest absolute Gasteiger partial charge is 0.454 e. The van der Waals surface area contributed by atoms with Crippen molar-refractivity contribution in [2.75, 3.05) is 12.1 Å². The van der Waals surface area contributed by atoms with Crippen molar-refractivity contribution in [1.29, 1.82) is 0 Å². The summed E-state index contributed by atoms with van der Waals surface area (Å²) in [5.74, 6) is 2.13. The second-order valence-corrected chi connectivity index (χ2v) is 4.12. The molecule has 1 aromatic carbocycles. The second kappa shape index (κ2) is 5.11. The molecule has 0 spiro atoms. The molecule has 0 radical (unpaired) electrons. The number of aromatic nitrogens is 2. The average molecular weight is 258 g/mol. The second-order valence-electron chi connectivity index (χ2n) is 4.12. The van der Waals surface area contributed by atoms with Gasteiger partial charge < -0.3 is 20.5 Å². The fraction of sp³-hybridized carbons (Fsp3) is 0.231. The standard InChI is InChI=1S/C13H14N4O2/c14-6-10-3-4-15-13(17-10)16-7-9-1-2-11-12(5-9)19-8-18-11/h1-5H,6-8,14H2,(H,15,16,17). The predicted molar refractivity (Wildman–Crippen MR) is 69.8 cm³/mol. The zero-order valence-corrected chi connectivity index (χ0v) is 10.3. The van der Waals surface area contributed by atoms with Gasteiger partial charge in [0.15, 0.2) is 11.5 Å². The molecule has 0 bridgehead atoms. The zero-order valence-electron chi connectivity index (χ0n) is 10.3. The van der Waals surface area contributed by atoms with E-state index in [1.807, 2.05) is 18.2 Å². The van der Waals surface area contributed by atoms with Gasteiger partial charge >= 0.3 is 0 Å². The van der Waals surface area contributed by atoms with Gasteiger partial charge in [-0.1, -0.05) is 6.07 Å². The molecule has 0 atom stereocenters. The third-order valence-corrected chi connectivity index (χ3v) is 2.81. The molecule has 0 amide bonds. The smallest absolute Gasteiger partial charge is 0.231 e. The zero-order chi connectivity index (χ0) is 13.1. The molecule has 6 nitrogen and oxygen atoms in total. The molecule has 0 unspecified atom stereocenters. The van der Waals surface area contributed by atoms with Crippen LogP contribution in [0, 0.1) is 0 Å². The lowest BCUT2D eigenvalue weighted by atomic mass is 10.2. The van der Waals surface area contributed by atoms with Crippen molar-refractivity contribution in [1.82, 2.24) is 9.97 Å². The van der Waals surface area contributed by atoms with E-state index in [-0.39, 0.29) is 6.79 Å². The van der Waals surface area contributed by atoms with Crippen LogP contribution < -0.4 is 20.5 Å². The van der Waals surface area contributed by atoms with E-state index in [0.29, 0.717) is 19.0 Å². The molecule has 0 saturated carbocycles. The molecule has 3 rings (SSSR count). The molecule has 3 N–H and O–H groups in total. The van der Waals surface area contributed by atoms with Gasteiger partial charge in [-0.3, -0.25) is 0 Å². The van der Waals surface area contributed by atoms with Crippen LogP contribution in [0.4, 0.5) is 5.95 Å². The average Bonchev–Trinajstić information content (AvgIpc) is 2.93. The van der Waals surface area contributed by atoms with Crippen molar-refractivity contribution in [3.63, 3.8) is 0 Å². The van der Waals surface area contributed by atoms with Gasteiger partial charge in [-0.15, -0.1) is 0 Å². The first-order chi connectivity index (χ1) is 9.35. The number of benzene rings is 1. The summed E-state index contributed by atoms with van der Waals surface area (Å²) in [5, 5.41) is 3.15. The van der Waals surface area contributed by atoms with Crippen LogP contribution in [0.15, 0.2) is 30.5 Å². The summed E-state index contributed by atoms with van der Waals surface area (Å²) >= 11 is 0. The van der Waals surface area contributed by atoms with Crippen molar-refractivity contribution in [3.05, 3.63) is 41.7 Å². The molecule has 2 heterocycles. The van der Waals surface area contributed by atoms with E-state index in [2.05, 4.69) is 15.3 Å². The maximum absolute atomic E-state index is 5.54. The monoisotopic (exact) mass is 258 g/mol. The number of rotatable bonds is 4. The maximum atomic E-state index is 5.54. The van der Waals surface area contributed by atoms with E-state index >= 15 is 0 Å². The van der Waals surface area contributed by atoms with Crippen LogP contribution in [0.1, 0.15) is 11.3 Å². The topological polar surface area (TPSA) is 82.3 Å². The highest BCUT2D eigenvalue weighted by Crippen LogP contribution is 2.32. The Hall–Kier alpha value is -2.34. The molecule has 6 heteroatoms. The number of nitrogens with two attached hydrogens (primary N) is 1. The highest BCUT2D eigenvalue weighted by atomic mass is 16.7. The lowest BCUT2D eigenvalue weighted by Gasteiger charge is -2.06. The van der Waals surface area contributed by atoms with Gasteiger partial charge in [0.05, 0.1) is 5.69 Å². The number of hydrogen-bond donors (Lipinski definition) is 2. The fourth-order valence-corrected chi connectivity index (χ4v) is 1.83. The molecular weight excluding hydrogens is 244 g/mol. The van der Waals surface area contributed by atoms with E-state index in [4.69, 9.17) is 15.2 Å². The van der Waals surface area contributed by atoms with E-state index in [1.54, 1.807) is 12.3 Å². The van der Waals surface area contributed by atoms with Gasteiger partial charge in [0.2, 0.25) is 12.7 Å². The van der Waals surface area contributed by atoms with Crippen LogP contribution in [0.3, 0.4) is 0 Å². The van der Waals surface area contributed by atoms with Gasteiger partial charge in [0.25, 0.3) is 0 Å². The Morgan fingerprint density at radius 1 is 1.21 bits per heavy atom. The van der Waals surface area contributed by atoms with E-state index in [0.717, 1.165) is 22.8 Å². The first kappa shape index (κ1) is 11.7. The number of anilines is 1. The van der Waals surface area contributed by atoms with Gasteiger partial charge in [-0.2, -0.15) is 0 Å². The first-order valence-corrected chi connectivity index (χ1v) is 5.99. The number of ether oxygens (including phenoxy) is 2. The first-order valence-electron chi connectivity index (χ1n) is 5.99. The third kappa shape index (κ3) is 2.58. The minimum absolute atomic E-state index is 0.286. The molecule has 0 aliphatic carbocycles. The Morgan fingerprint density at radius 3 is 3.00 bits per heavy atom. The Morgan fingerprint density at radius 2 is 2.11 bits per heavy atom. The normalized spacial score (nSPS) is 12.5. The lowest BCUT2D eigenvalue weighted by molar-refractivity contribution is 0.174. The molecule has 1 aliphatic heterocycles. The van der Waals surface area contributed by atoms with Crippen LogP contribution in [0.2, 0.25) is 0 Å². The summed E-state index contributed by atoms with van der Waals surface area (Å²) in [6.45, 7) is 1.31. The van der Waals surface area contributed by atoms with Crippen molar-refractivity contribution in [3.8, 4) is 11.5 Å². The summed E-state index contributed by atoms with van der Waals surface area (Å²) in [7, 11) is 0. The minimum Gasteiger partial charge on any atom is -0.454 e. The molecule has 0 saturated heterocycles. The highest BCUT2D eigenvalue weighted by molar-refractivity contribution is 5.45. The molecule has 0 fully saturated rings.